The van der Waals surface area contributed by atoms with Crippen molar-refractivity contribution in [2.45, 2.75) is 32.7 Å². The summed E-state index contributed by atoms with van der Waals surface area (Å²) in [5.74, 6) is 0.851. The molecular weight excluding hydrogens is 276 g/mol. The van der Waals surface area contributed by atoms with Gasteiger partial charge in [-0.05, 0) is 42.5 Å². The van der Waals surface area contributed by atoms with Gasteiger partial charge in [-0.3, -0.25) is 0 Å². The fourth-order valence-electron chi connectivity index (χ4n) is 2.57. The molecule has 0 radical (unpaired) electrons. The van der Waals surface area contributed by atoms with Crippen molar-refractivity contribution in [2.24, 2.45) is 11.7 Å². The highest BCUT2D eigenvalue weighted by molar-refractivity contribution is 9.10. The van der Waals surface area contributed by atoms with E-state index < -0.39 is 0 Å². The number of hydrogen-bond acceptors (Lipinski definition) is 2. The molecule has 1 heterocycles. The minimum Gasteiger partial charge on any atom is -0.371 e. The van der Waals surface area contributed by atoms with E-state index in [1.54, 1.807) is 0 Å². The van der Waals surface area contributed by atoms with Crippen molar-refractivity contribution in [3.8, 4) is 0 Å². The highest BCUT2D eigenvalue weighted by Crippen LogP contribution is 2.28. The van der Waals surface area contributed by atoms with Gasteiger partial charge in [0.25, 0.3) is 0 Å². The van der Waals surface area contributed by atoms with Crippen LogP contribution in [-0.2, 0) is 6.54 Å². The fraction of sp³-hybridized carbons (Fsp3) is 0.571. The van der Waals surface area contributed by atoms with Crippen molar-refractivity contribution in [2.75, 3.05) is 18.0 Å². The molecule has 2 rings (SSSR count). The van der Waals surface area contributed by atoms with Crippen LogP contribution in [0.1, 0.15) is 31.7 Å². The molecule has 1 atom stereocenters. The van der Waals surface area contributed by atoms with Gasteiger partial charge in [-0.15, -0.1) is 0 Å². The van der Waals surface area contributed by atoms with E-state index in [9.17, 15) is 0 Å². The zero-order chi connectivity index (χ0) is 12.3. The molecule has 0 spiro atoms. The third-order valence-electron chi connectivity index (χ3n) is 3.64. The third kappa shape index (κ3) is 3.23. The summed E-state index contributed by atoms with van der Waals surface area (Å²) in [4.78, 5) is 2.50. The molecule has 1 aromatic rings. The quantitative estimate of drug-likeness (QED) is 0.924. The van der Waals surface area contributed by atoms with Crippen LogP contribution in [0.5, 0.6) is 0 Å². The highest BCUT2D eigenvalue weighted by Gasteiger charge is 2.19. The van der Waals surface area contributed by atoms with Crippen LogP contribution in [0.15, 0.2) is 22.7 Å². The maximum Gasteiger partial charge on any atom is 0.0380 e. The van der Waals surface area contributed by atoms with E-state index in [1.807, 2.05) is 0 Å². The van der Waals surface area contributed by atoms with Gasteiger partial charge in [0.05, 0.1) is 0 Å². The molecule has 1 fully saturated rings. The number of piperidine rings is 1. The summed E-state index contributed by atoms with van der Waals surface area (Å²) >= 11 is 3.57. The van der Waals surface area contributed by atoms with Gasteiger partial charge in [0.1, 0.15) is 0 Å². The second-order valence-electron chi connectivity index (χ2n) is 4.88. The molecule has 0 bridgehead atoms. The Bertz CT molecular complexity index is 378. The Morgan fingerprint density at radius 2 is 2.24 bits per heavy atom. The summed E-state index contributed by atoms with van der Waals surface area (Å²) in [7, 11) is 0. The summed E-state index contributed by atoms with van der Waals surface area (Å²) in [5, 5.41) is 0. The number of benzene rings is 1. The predicted octanol–water partition coefficient (Wildman–Crippen LogP) is 3.53. The Labute approximate surface area is 112 Å². The van der Waals surface area contributed by atoms with Crippen molar-refractivity contribution in [1.82, 2.24) is 0 Å². The molecule has 1 saturated heterocycles. The number of hydrogen-bond donors (Lipinski definition) is 1. The van der Waals surface area contributed by atoms with Crippen LogP contribution in [0.25, 0.3) is 0 Å². The minimum atomic E-state index is 0.609. The zero-order valence-corrected chi connectivity index (χ0v) is 12.0. The SMILES string of the molecule is CCC1CCCN(c2cc(Br)cc(CN)c2)C1. The standard InChI is InChI=1S/C14H21BrN2/c1-2-11-4-3-5-17(10-11)14-7-12(9-16)6-13(15)8-14/h6-8,11H,2-5,9-10,16H2,1H3. The minimum absolute atomic E-state index is 0.609. The average molecular weight is 297 g/mol. The molecular formula is C14H21BrN2. The lowest BCUT2D eigenvalue weighted by Crippen LogP contribution is -2.35. The second kappa shape index (κ2) is 5.87. The lowest BCUT2D eigenvalue weighted by Gasteiger charge is -2.34. The molecule has 0 saturated carbocycles. The van der Waals surface area contributed by atoms with Crippen LogP contribution in [0.4, 0.5) is 5.69 Å². The van der Waals surface area contributed by atoms with Crippen molar-refractivity contribution in [1.29, 1.82) is 0 Å². The Balaban J connectivity index is 2.18. The summed E-state index contributed by atoms with van der Waals surface area (Å²) in [6, 6.07) is 6.53. The Kier molecular flexibility index (Phi) is 4.46. The van der Waals surface area contributed by atoms with Crippen LogP contribution in [0.2, 0.25) is 0 Å². The van der Waals surface area contributed by atoms with E-state index in [4.69, 9.17) is 5.73 Å². The van der Waals surface area contributed by atoms with Crippen LogP contribution >= 0.6 is 15.9 Å². The smallest absolute Gasteiger partial charge is 0.0380 e. The topological polar surface area (TPSA) is 29.3 Å². The molecule has 1 aliphatic heterocycles. The van der Waals surface area contributed by atoms with Gasteiger partial charge in [-0.1, -0.05) is 29.3 Å². The molecule has 17 heavy (non-hydrogen) atoms. The number of nitrogens with zero attached hydrogens (tertiary/aromatic N) is 1. The first-order chi connectivity index (χ1) is 8.22. The molecule has 1 aromatic carbocycles. The van der Waals surface area contributed by atoms with E-state index in [0.29, 0.717) is 6.54 Å². The van der Waals surface area contributed by atoms with Crippen molar-refractivity contribution in [3.05, 3.63) is 28.2 Å². The molecule has 2 N–H and O–H groups in total. The van der Waals surface area contributed by atoms with Gasteiger partial charge < -0.3 is 10.6 Å². The van der Waals surface area contributed by atoms with Crippen LogP contribution < -0.4 is 10.6 Å². The van der Waals surface area contributed by atoms with E-state index in [-0.39, 0.29) is 0 Å². The fourth-order valence-corrected chi connectivity index (χ4v) is 3.10. The normalized spacial score (nSPS) is 20.6. The lowest BCUT2D eigenvalue weighted by atomic mass is 9.95. The molecule has 2 nitrogen and oxygen atoms in total. The van der Waals surface area contributed by atoms with Crippen molar-refractivity contribution < 1.29 is 0 Å². The summed E-state index contributed by atoms with van der Waals surface area (Å²) in [6.07, 6.45) is 3.97. The van der Waals surface area contributed by atoms with Crippen LogP contribution in [0.3, 0.4) is 0 Å². The van der Waals surface area contributed by atoms with Gasteiger partial charge in [-0.2, -0.15) is 0 Å². The number of nitrogens with two attached hydrogens (primary N) is 1. The molecule has 0 aromatic heterocycles. The number of rotatable bonds is 3. The molecule has 1 unspecified atom stereocenters. The first-order valence-corrected chi connectivity index (χ1v) is 7.26. The first kappa shape index (κ1) is 12.9. The van der Waals surface area contributed by atoms with Gasteiger partial charge in [0.2, 0.25) is 0 Å². The summed E-state index contributed by atoms with van der Waals surface area (Å²) in [6.45, 7) is 5.27. The Morgan fingerprint density at radius 3 is 2.94 bits per heavy atom. The van der Waals surface area contributed by atoms with E-state index >= 15 is 0 Å². The largest absolute Gasteiger partial charge is 0.371 e. The molecule has 1 aliphatic rings. The van der Waals surface area contributed by atoms with Crippen molar-refractivity contribution >= 4 is 21.6 Å². The van der Waals surface area contributed by atoms with Gasteiger partial charge in [0.15, 0.2) is 0 Å². The molecule has 0 amide bonds. The number of anilines is 1. The Hall–Kier alpha value is -0.540. The van der Waals surface area contributed by atoms with Crippen LogP contribution in [-0.4, -0.2) is 13.1 Å². The predicted molar refractivity (Wildman–Crippen MR) is 77.3 cm³/mol. The highest BCUT2D eigenvalue weighted by atomic mass is 79.9. The zero-order valence-electron chi connectivity index (χ0n) is 10.5. The van der Waals surface area contributed by atoms with Gasteiger partial charge in [0, 0.05) is 29.8 Å². The first-order valence-electron chi connectivity index (χ1n) is 6.47. The maximum absolute atomic E-state index is 5.73. The summed E-state index contributed by atoms with van der Waals surface area (Å²) < 4.78 is 1.13. The van der Waals surface area contributed by atoms with Crippen molar-refractivity contribution in [3.63, 3.8) is 0 Å². The average Bonchev–Trinajstić information content (AvgIpc) is 2.38. The van der Waals surface area contributed by atoms with Gasteiger partial charge in [-0.25, -0.2) is 0 Å². The molecule has 0 aliphatic carbocycles. The van der Waals surface area contributed by atoms with E-state index in [2.05, 4.69) is 46.0 Å². The lowest BCUT2D eigenvalue weighted by molar-refractivity contribution is 0.404. The number of halogens is 1. The monoisotopic (exact) mass is 296 g/mol. The van der Waals surface area contributed by atoms with E-state index in [1.165, 1.54) is 43.6 Å². The maximum atomic E-state index is 5.73. The Morgan fingerprint density at radius 1 is 1.41 bits per heavy atom. The van der Waals surface area contributed by atoms with Gasteiger partial charge >= 0.3 is 0 Å². The summed E-state index contributed by atoms with van der Waals surface area (Å²) in [5.41, 5.74) is 8.25. The molecule has 94 valence electrons. The van der Waals surface area contributed by atoms with E-state index in [0.717, 1.165) is 10.4 Å². The second-order valence-corrected chi connectivity index (χ2v) is 5.80. The molecule has 3 heteroatoms. The third-order valence-corrected chi connectivity index (χ3v) is 4.10. The van der Waals surface area contributed by atoms with Crippen LogP contribution in [0, 0.1) is 5.92 Å².